The molecule has 0 aromatic heterocycles. The van der Waals surface area contributed by atoms with Gasteiger partial charge in [0.05, 0.1) is 6.10 Å². The molecule has 0 N–H and O–H groups in total. The van der Waals surface area contributed by atoms with Crippen molar-refractivity contribution in [3.63, 3.8) is 0 Å². The fourth-order valence-corrected chi connectivity index (χ4v) is 2.63. The van der Waals surface area contributed by atoms with E-state index >= 15 is 0 Å². The molecule has 2 aliphatic rings. The number of rotatable bonds is 1. The van der Waals surface area contributed by atoms with Crippen molar-refractivity contribution in [3.8, 4) is 0 Å². The third-order valence-corrected chi connectivity index (χ3v) is 4.06. The molecular weight excluding hydrogens is 268 g/mol. The SMILES string of the molecule is CC.CC1CCCC1.CCC1CCCO1.Cc1ccccc1. The van der Waals surface area contributed by atoms with Gasteiger partial charge in [-0.3, -0.25) is 0 Å². The quantitative estimate of drug-likeness (QED) is 0.555. The lowest BCUT2D eigenvalue weighted by Crippen LogP contribution is -2.00. The Morgan fingerprint density at radius 1 is 0.955 bits per heavy atom. The zero-order valence-corrected chi connectivity index (χ0v) is 15.6. The van der Waals surface area contributed by atoms with Gasteiger partial charge in [-0.1, -0.05) is 89.3 Å². The zero-order chi connectivity index (χ0) is 16.6. The molecule has 1 aliphatic heterocycles. The molecule has 0 amide bonds. The monoisotopic (exact) mass is 306 g/mol. The molecule has 2 fully saturated rings. The van der Waals surface area contributed by atoms with Crippen LogP contribution in [-0.4, -0.2) is 12.7 Å². The number of hydrogen-bond acceptors (Lipinski definition) is 1. The average Bonchev–Trinajstić information content (AvgIpc) is 3.24. The molecule has 1 nitrogen and oxygen atoms in total. The van der Waals surface area contributed by atoms with Crippen LogP contribution in [0.15, 0.2) is 30.3 Å². The lowest BCUT2D eigenvalue weighted by molar-refractivity contribution is 0.108. The van der Waals surface area contributed by atoms with Crippen molar-refractivity contribution in [1.29, 1.82) is 0 Å². The minimum atomic E-state index is 0.597. The molecule has 0 radical (unpaired) electrons. The third-order valence-electron chi connectivity index (χ3n) is 4.06. The van der Waals surface area contributed by atoms with Gasteiger partial charge in [-0.25, -0.2) is 0 Å². The zero-order valence-electron chi connectivity index (χ0n) is 15.6. The Labute approximate surface area is 139 Å². The first-order valence-electron chi connectivity index (χ1n) is 9.35. The van der Waals surface area contributed by atoms with E-state index < -0.39 is 0 Å². The molecule has 3 rings (SSSR count). The van der Waals surface area contributed by atoms with E-state index in [1.54, 1.807) is 0 Å². The van der Waals surface area contributed by atoms with Crippen LogP contribution in [-0.2, 0) is 4.74 Å². The number of benzene rings is 1. The van der Waals surface area contributed by atoms with Crippen molar-refractivity contribution in [1.82, 2.24) is 0 Å². The highest BCUT2D eigenvalue weighted by molar-refractivity contribution is 5.11. The molecule has 1 saturated carbocycles. The smallest absolute Gasteiger partial charge is 0.0573 e. The molecule has 0 spiro atoms. The topological polar surface area (TPSA) is 9.23 Å². The summed E-state index contributed by atoms with van der Waals surface area (Å²) in [6.07, 6.45) is 10.3. The number of hydrogen-bond donors (Lipinski definition) is 0. The van der Waals surface area contributed by atoms with Crippen molar-refractivity contribution in [2.45, 2.75) is 85.7 Å². The Balaban J connectivity index is 0.000000285. The van der Waals surface area contributed by atoms with Crippen LogP contribution < -0.4 is 0 Å². The second kappa shape index (κ2) is 15.1. The number of ether oxygens (including phenoxy) is 1. The van der Waals surface area contributed by atoms with Gasteiger partial charge in [-0.15, -0.1) is 0 Å². The predicted octanol–water partition coefficient (Wildman–Crippen LogP) is 6.79. The highest BCUT2D eigenvalue weighted by Crippen LogP contribution is 2.22. The van der Waals surface area contributed by atoms with Gasteiger partial charge in [0, 0.05) is 6.61 Å². The van der Waals surface area contributed by atoms with E-state index in [4.69, 9.17) is 4.74 Å². The van der Waals surface area contributed by atoms with E-state index in [0.717, 1.165) is 12.5 Å². The Bertz CT molecular complexity index is 308. The van der Waals surface area contributed by atoms with Gasteiger partial charge < -0.3 is 4.74 Å². The van der Waals surface area contributed by atoms with E-state index in [1.807, 2.05) is 32.0 Å². The van der Waals surface area contributed by atoms with Crippen molar-refractivity contribution < 1.29 is 4.74 Å². The Hall–Kier alpha value is -0.820. The fraction of sp³-hybridized carbons (Fsp3) is 0.714. The van der Waals surface area contributed by atoms with Crippen LogP contribution in [0.25, 0.3) is 0 Å². The van der Waals surface area contributed by atoms with Crippen molar-refractivity contribution >= 4 is 0 Å². The first-order valence-corrected chi connectivity index (χ1v) is 9.35. The maximum absolute atomic E-state index is 5.30. The summed E-state index contributed by atoms with van der Waals surface area (Å²) in [5, 5.41) is 0. The van der Waals surface area contributed by atoms with Gasteiger partial charge >= 0.3 is 0 Å². The van der Waals surface area contributed by atoms with Gasteiger partial charge in [0.1, 0.15) is 0 Å². The van der Waals surface area contributed by atoms with Crippen molar-refractivity contribution in [2.75, 3.05) is 6.61 Å². The highest BCUT2D eigenvalue weighted by atomic mass is 16.5. The maximum atomic E-state index is 5.30. The minimum absolute atomic E-state index is 0.597. The van der Waals surface area contributed by atoms with E-state index in [0.29, 0.717) is 6.10 Å². The van der Waals surface area contributed by atoms with E-state index in [2.05, 4.69) is 32.9 Å². The molecular formula is C21H38O. The molecule has 128 valence electrons. The molecule has 1 saturated heterocycles. The van der Waals surface area contributed by atoms with Crippen LogP contribution in [0.1, 0.15) is 78.2 Å². The standard InChI is InChI=1S/C7H8.C6H12O.C6H12.C2H6/c1-7-5-3-2-4-6-7;1-2-6-4-3-5-7-6;1-6-4-2-3-5-6;1-2/h2-6H,1H3;6H,2-5H2,1H3;6H,2-5H2,1H3;1-2H3. The van der Waals surface area contributed by atoms with Crippen LogP contribution in [0.5, 0.6) is 0 Å². The molecule has 1 aromatic carbocycles. The summed E-state index contributed by atoms with van der Waals surface area (Å²) >= 11 is 0. The van der Waals surface area contributed by atoms with Crippen molar-refractivity contribution in [2.24, 2.45) is 5.92 Å². The summed E-state index contributed by atoms with van der Waals surface area (Å²) in [6.45, 7) is 11.6. The summed E-state index contributed by atoms with van der Waals surface area (Å²) in [6, 6.07) is 10.3. The van der Waals surface area contributed by atoms with E-state index in [-0.39, 0.29) is 0 Å². The summed E-state index contributed by atoms with van der Waals surface area (Å²) in [4.78, 5) is 0. The molecule has 1 aliphatic carbocycles. The Kier molecular flexibility index (Phi) is 14.5. The Morgan fingerprint density at radius 2 is 1.55 bits per heavy atom. The predicted molar refractivity (Wildman–Crippen MR) is 99.4 cm³/mol. The molecule has 1 atom stereocenters. The van der Waals surface area contributed by atoms with E-state index in [9.17, 15) is 0 Å². The van der Waals surface area contributed by atoms with Gasteiger partial charge in [-0.05, 0) is 32.1 Å². The maximum Gasteiger partial charge on any atom is 0.0573 e. The van der Waals surface area contributed by atoms with Gasteiger partial charge in [0.2, 0.25) is 0 Å². The molecule has 22 heavy (non-hydrogen) atoms. The second-order valence-corrected chi connectivity index (χ2v) is 6.09. The first kappa shape index (κ1) is 21.2. The second-order valence-electron chi connectivity index (χ2n) is 6.09. The fourth-order valence-electron chi connectivity index (χ4n) is 2.63. The van der Waals surface area contributed by atoms with Crippen LogP contribution >= 0.6 is 0 Å². The van der Waals surface area contributed by atoms with Gasteiger partial charge in [-0.2, -0.15) is 0 Å². The molecule has 1 aromatic rings. The van der Waals surface area contributed by atoms with Crippen LogP contribution in [0.3, 0.4) is 0 Å². The average molecular weight is 307 g/mol. The lowest BCUT2D eigenvalue weighted by Gasteiger charge is -2.01. The van der Waals surface area contributed by atoms with Gasteiger partial charge in [0.15, 0.2) is 0 Å². The largest absolute Gasteiger partial charge is 0.378 e. The van der Waals surface area contributed by atoms with E-state index in [1.165, 1.54) is 50.5 Å². The number of aryl methyl sites for hydroxylation is 1. The van der Waals surface area contributed by atoms with Crippen LogP contribution in [0.4, 0.5) is 0 Å². The lowest BCUT2D eigenvalue weighted by atomic mass is 10.2. The molecule has 1 unspecified atom stereocenters. The van der Waals surface area contributed by atoms with Gasteiger partial charge in [0.25, 0.3) is 0 Å². The summed E-state index contributed by atoms with van der Waals surface area (Å²) in [5.41, 5.74) is 1.32. The van der Waals surface area contributed by atoms with Crippen LogP contribution in [0, 0.1) is 12.8 Å². The Morgan fingerprint density at radius 3 is 1.77 bits per heavy atom. The summed E-state index contributed by atoms with van der Waals surface area (Å²) in [7, 11) is 0. The summed E-state index contributed by atoms with van der Waals surface area (Å²) < 4.78 is 5.30. The third kappa shape index (κ3) is 11.8. The first-order chi connectivity index (χ1) is 10.7. The molecule has 1 heterocycles. The molecule has 1 heteroatoms. The minimum Gasteiger partial charge on any atom is -0.378 e. The highest BCUT2D eigenvalue weighted by Gasteiger charge is 2.11. The summed E-state index contributed by atoms with van der Waals surface area (Å²) in [5.74, 6) is 1.05. The van der Waals surface area contributed by atoms with Crippen molar-refractivity contribution in [3.05, 3.63) is 35.9 Å². The molecule has 0 bridgehead atoms. The van der Waals surface area contributed by atoms with Crippen LogP contribution in [0.2, 0.25) is 0 Å². The normalized spacial score (nSPS) is 20.0.